The van der Waals surface area contributed by atoms with E-state index in [2.05, 4.69) is 5.32 Å². The van der Waals surface area contributed by atoms with Crippen molar-refractivity contribution in [3.8, 4) is 0 Å². The Balaban J connectivity index is 0.00000264. The number of nitrogens with zero attached hydrogens (tertiary/aromatic N) is 1. The van der Waals surface area contributed by atoms with Crippen molar-refractivity contribution >= 4 is 34.2 Å². The zero-order chi connectivity index (χ0) is 16.3. The van der Waals surface area contributed by atoms with Gasteiger partial charge >= 0.3 is 0 Å². The fraction of sp³-hybridized carbons (Fsp3) is 0.385. The zero-order valence-electron chi connectivity index (χ0n) is 12.4. The Labute approximate surface area is 140 Å². The number of carbonyl (C=O) groups is 2. The van der Waals surface area contributed by atoms with E-state index >= 15 is 0 Å². The van der Waals surface area contributed by atoms with Crippen LogP contribution in [0.25, 0.3) is 0 Å². The molecule has 8 nitrogen and oxygen atoms in total. The van der Waals surface area contributed by atoms with Crippen molar-refractivity contribution in [1.29, 1.82) is 0 Å². The van der Waals surface area contributed by atoms with Crippen LogP contribution in [0.4, 0.5) is 0 Å². The maximum atomic E-state index is 12.4. The first-order valence-corrected chi connectivity index (χ1v) is 8.05. The van der Waals surface area contributed by atoms with Crippen LogP contribution in [0.5, 0.6) is 0 Å². The minimum atomic E-state index is -3.95. The average molecular weight is 364 g/mol. The summed E-state index contributed by atoms with van der Waals surface area (Å²) in [7, 11) is -2.53. The lowest BCUT2D eigenvalue weighted by molar-refractivity contribution is 0.0836. The van der Waals surface area contributed by atoms with Gasteiger partial charge in [-0.3, -0.25) is 9.59 Å². The molecule has 2 rings (SSSR count). The van der Waals surface area contributed by atoms with Gasteiger partial charge in [0.05, 0.1) is 18.7 Å². The molecule has 0 unspecified atom stereocenters. The highest BCUT2D eigenvalue weighted by Gasteiger charge is 2.41. The van der Waals surface area contributed by atoms with E-state index in [-0.39, 0.29) is 54.7 Å². The Kier molecular flexibility index (Phi) is 6.51. The van der Waals surface area contributed by atoms with E-state index in [1.165, 1.54) is 25.3 Å². The van der Waals surface area contributed by atoms with Gasteiger partial charge in [0.25, 0.3) is 21.8 Å². The van der Waals surface area contributed by atoms with Gasteiger partial charge in [0.2, 0.25) is 0 Å². The molecule has 1 aliphatic rings. The smallest absolute Gasteiger partial charge is 0.269 e. The Morgan fingerprint density at radius 3 is 2.70 bits per heavy atom. The molecule has 0 atom stereocenters. The van der Waals surface area contributed by atoms with E-state index in [9.17, 15) is 18.0 Å². The second kappa shape index (κ2) is 7.73. The molecule has 0 bridgehead atoms. The number of nitrogens with one attached hydrogen (secondary N) is 1. The summed E-state index contributed by atoms with van der Waals surface area (Å²) in [6.07, 6.45) is 0. The molecule has 1 aliphatic heterocycles. The molecule has 0 spiro atoms. The summed E-state index contributed by atoms with van der Waals surface area (Å²) >= 11 is 0. The Hall–Kier alpha value is -1.68. The molecule has 2 amide bonds. The van der Waals surface area contributed by atoms with Crippen LogP contribution < -0.4 is 11.1 Å². The standard InChI is InChI=1S/C13H17N3O5S.ClH/c1-21-7-6-16-13(18)10-3-2-9(12(17)15-5-4-14)8-11(10)22(16,19)20;/h2-3,8H,4-7,14H2,1H3,(H,15,17);1H. The number of rotatable bonds is 6. The maximum Gasteiger partial charge on any atom is 0.269 e. The van der Waals surface area contributed by atoms with Crippen LogP contribution in [0, 0.1) is 0 Å². The van der Waals surface area contributed by atoms with Gasteiger partial charge in [-0.05, 0) is 18.2 Å². The average Bonchev–Trinajstić information content (AvgIpc) is 2.69. The van der Waals surface area contributed by atoms with Crippen LogP contribution in [0.1, 0.15) is 20.7 Å². The number of nitrogens with two attached hydrogens (primary N) is 1. The molecule has 0 radical (unpaired) electrons. The normalized spacial score (nSPS) is 15.0. The molecular weight excluding hydrogens is 346 g/mol. The van der Waals surface area contributed by atoms with Gasteiger partial charge in [-0.1, -0.05) is 0 Å². The number of fused-ring (bicyclic) bond motifs is 1. The summed E-state index contributed by atoms with van der Waals surface area (Å²) in [5.41, 5.74) is 5.52. The van der Waals surface area contributed by atoms with Crippen molar-refractivity contribution in [1.82, 2.24) is 9.62 Å². The van der Waals surface area contributed by atoms with E-state index in [4.69, 9.17) is 10.5 Å². The van der Waals surface area contributed by atoms with Gasteiger partial charge in [0.15, 0.2) is 0 Å². The fourth-order valence-electron chi connectivity index (χ4n) is 2.10. The van der Waals surface area contributed by atoms with Gasteiger partial charge in [-0.25, -0.2) is 12.7 Å². The van der Waals surface area contributed by atoms with Gasteiger partial charge in [0.1, 0.15) is 4.90 Å². The molecule has 10 heteroatoms. The topological polar surface area (TPSA) is 119 Å². The number of benzene rings is 1. The van der Waals surface area contributed by atoms with Crippen molar-refractivity contribution in [2.24, 2.45) is 5.73 Å². The Bertz CT molecular complexity index is 708. The Morgan fingerprint density at radius 2 is 2.09 bits per heavy atom. The number of methoxy groups -OCH3 is 1. The SMILES string of the molecule is COCCN1C(=O)c2ccc(C(=O)NCCN)cc2S1(=O)=O.Cl. The maximum absolute atomic E-state index is 12.4. The Morgan fingerprint density at radius 1 is 1.39 bits per heavy atom. The summed E-state index contributed by atoms with van der Waals surface area (Å²) < 4.78 is 30.3. The molecule has 0 saturated heterocycles. The summed E-state index contributed by atoms with van der Waals surface area (Å²) in [4.78, 5) is 23.9. The fourth-order valence-corrected chi connectivity index (χ4v) is 3.68. The first-order chi connectivity index (χ1) is 10.4. The lowest BCUT2D eigenvalue weighted by Crippen LogP contribution is -2.33. The minimum absolute atomic E-state index is 0. The number of amides is 2. The monoisotopic (exact) mass is 363 g/mol. The van der Waals surface area contributed by atoms with E-state index in [0.717, 1.165) is 4.31 Å². The van der Waals surface area contributed by atoms with Gasteiger partial charge in [-0.15, -0.1) is 12.4 Å². The van der Waals surface area contributed by atoms with Crippen LogP contribution in [-0.4, -0.2) is 57.9 Å². The molecule has 1 aromatic carbocycles. The predicted molar refractivity (Wildman–Crippen MR) is 85.2 cm³/mol. The van der Waals surface area contributed by atoms with Gasteiger partial charge in [0, 0.05) is 25.8 Å². The number of halogens is 1. The summed E-state index contributed by atoms with van der Waals surface area (Å²) in [6.45, 7) is 0.587. The molecule has 0 aromatic heterocycles. The van der Waals surface area contributed by atoms with Gasteiger partial charge in [-0.2, -0.15) is 0 Å². The lowest BCUT2D eigenvalue weighted by atomic mass is 10.1. The van der Waals surface area contributed by atoms with Crippen LogP contribution in [-0.2, 0) is 14.8 Å². The second-order valence-electron chi connectivity index (χ2n) is 4.63. The van der Waals surface area contributed by atoms with Crippen LogP contribution in [0.3, 0.4) is 0 Å². The third-order valence-electron chi connectivity index (χ3n) is 3.20. The summed E-state index contributed by atoms with van der Waals surface area (Å²) in [6, 6.07) is 3.97. The van der Waals surface area contributed by atoms with E-state index in [0.29, 0.717) is 0 Å². The number of carbonyl (C=O) groups excluding carboxylic acids is 2. The van der Waals surface area contributed by atoms with Crippen molar-refractivity contribution in [3.63, 3.8) is 0 Å². The van der Waals surface area contributed by atoms with Crippen LogP contribution in [0.2, 0.25) is 0 Å². The zero-order valence-corrected chi connectivity index (χ0v) is 14.1. The molecular formula is C13H18ClN3O5S. The lowest BCUT2D eigenvalue weighted by Gasteiger charge is -2.13. The van der Waals surface area contributed by atoms with E-state index in [1.807, 2.05) is 0 Å². The molecule has 3 N–H and O–H groups in total. The highest BCUT2D eigenvalue weighted by Crippen LogP contribution is 2.30. The summed E-state index contributed by atoms with van der Waals surface area (Å²) in [5, 5.41) is 2.55. The van der Waals surface area contributed by atoms with Crippen molar-refractivity contribution in [2.45, 2.75) is 4.90 Å². The molecule has 0 fully saturated rings. The largest absolute Gasteiger partial charge is 0.383 e. The molecule has 0 saturated carbocycles. The third kappa shape index (κ3) is 3.63. The third-order valence-corrected chi connectivity index (χ3v) is 5.02. The first-order valence-electron chi connectivity index (χ1n) is 6.61. The second-order valence-corrected chi connectivity index (χ2v) is 6.46. The molecule has 0 aliphatic carbocycles. The van der Waals surface area contributed by atoms with Crippen molar-refractivity contribution < 1.29 is 22.7 Å². The van der Waals surface area contributed by atoms with Crippen LogP contribution >= 0.6 is 12.4 Å². The predicted octanol–water partition coefficient (Wildman–Crippen LogP) is -0.412. The number of sulfonamides is 1. The van der Waals surface area contributed by atoms with Crippen molar-refractivity contribution in [3.05, 3.63) is 29.3 Å². The minimum Gasteiger partial charge on any atom is -0.383 e. The number of hydrogen-bond acceptors (Lipinski definition) is 6. The molecule has 1 heterocycles. The van der Waals surface area contributed by atoms with E-state index < -0.39 is 21.8 Å². The highest BCUT2D eigenvalue weighted by molar-refractivity contribution is 7.90. The highest BCUT2D eigenvalue weighted by atomic mass is 35.5. The van der Waals surface area contributed by atoms with Crippen molar-refractivity contribution in [2.75, 3.05) is 33.4 Å². The number of ether oxygens (including phenoxy) is 1. The molecule has 1 aromatic rings. The number of hydrogen-bond donors (Lipinski definition) is 2. The van der Waals surface area contributed by atoms with Crippen LogP contribution in [0.15, 0.2) is 23.1 Å². The van der Waals surface area contributed by atoms with Gasteiger partial charge < -0.3 is 15.8 Å². The van der Waals surface area contributed by atoms with E-state index in [1.54, 1.807) is 0 Å². The quantitative estimate of drug-likeness (QED) is 0.709. The summed E-state index contributed by atoms with van der Waals surface area (Å²) in [5.74, 6) is -1.05. The molecule has 128 valence electrons. The first kappa shape index (κ1) is 19.4. The molecule has 23 heavy (non-hydrogen) atoms.